The van der Waals surface area contributed by atoms with Gasteiger partial charge in [-0.25, -0.2) is 0 Å². The van der Waals surface area contributed by atoms with Crippen LogP contribution in [0.2, 0.25) is 10.0 Å². The van der Waals surface area contributed by atoms with E-state index in [0.717, 1.165) is 19.3 Å². The maximum absolute atomic E-state index is 12.4. The molecule has 2 aromatic rings. The van der Waals surface area contributed by atoms with Crippen LogP contribution in [0.3, 0.4) is 0 Å². The number of nitrogens with one attached hydrogen (secondary N) is 1. The van der Waals surface area contributed by atoms with Gasteiger partial charge in [0.05, 0.1) is 22.2 Å². The van der Waals surface area contributed by atoms with E-state index < -0.39 is 12.1 Å². The Morgan fingerprint density at radius 1 is 0.811 bits per heavy atom. The van der Waals surface area contributed by atoms with Crippen molar-refractivity contribution in [1.29, 1.82) is 0 Å². The number of ether oxygens (including phenoxy) is 2. The molecule has 6 nitrogen and oxygen atoms in total. The highest BCUT2D eigenvalue weighted by Crippen LogP contribution is 2.33. The highest BCUT2D eigenvalue weighted by atomic mass is 35.5. The Balaban J connectivity index is 1.64. The highest BCUT2D eigenvalue weighted by molar-refractivity contribution is 6.39. The van der Waals surface area contributed by atoms with Crippen LogP contribution in [-0.2, 0) is 25.5 Å². The lowest BCUT2D eigenvalue weighted by atomic mass is 10.1. The van der Waals surface area contributed by atoms with Gasteiger partial charge in [0, 0.05) is 12.1 Å². The topological polar surface area (TPSA) is 84.9 Å². The molecule has 0 aliphatic carbocycles. The van der Waals surface area contributed by atoms with Crippen LogP contribution in [-0.4, -0.2) is 36.4 Å². The Bertz CT molecular complexity index is 949. The molecule has 8 heteroatoms. The molecule has 0 aromatic heterocycles. The molecule has 37 heavy (non-hydrogen) atoms. The van der Waals surface area contributed by atoms with Gasteiger partial charge in [0.25, 0.3) is 0 Å². The number of aliphatic hydroxyl groups is 1. The third-order valence-electron chi connectivity index (χ3n) is 5.93. The Kier molecular flexibility index (Phi) is 15.1. The van der Waals surface area contributed by atoms with Crippen molar-refractivity contribution < 1.29 is 24.2 Å². The van der Waals surface area contributed by atoms with Gasteiger partial charge in [-0.3, -0.25) is 9.59 Å². The molecule has 0 saturated carbocycles. The van der Waals surface area contributed by atoms with Crippen LogP contribution in [0.5, 0.6) is 0 Å². The molecule has 2 N–H and O–H groups in total. The molecular weight excluding hydrogens is 513 g/mol. The minimum atomic E-state index is -1.08. The second-order valence-electron chi connectivity index (χ2n) is 9.15. The van der Waals surface area contributed by atoms with E-state index >= 15 is 0 Å². The molecule has 0 saturated heterocycles. The van der Waals surface area contributed by atoms with Crippen molar-refractivity contribution in [2.75, 3.05) is 18.5 Å². The SMILES string of the molecule is CCCCCCCCCCCC(=O)OCC(O)COC(=O)Cc1ccccc1Nc1c(Cl)cccc1Cl. The van der Waals surface area contributed by atoms with Gasteiger partial charge in [-0.15, -0.1) is 0 Å². The molecule has 2 rings (SSSR count). The number of hydrogen-bond acceptors (Lipinski definition) is 6. The molecule has 0 fully saturated rings. The summed E-state index contributed by atoms with van der Waals surface area (Å²) in [5.74, 6) is -0.855. The van der Waals surface area contributed by atoms with Crippen molar-refractivity contribution in [2.45, 2.75) is 83.7 Å². The van der Waals surface area contributed by atoms with Gasteiger partial charge in [-0.2, -0.15) is 0 Å². The van der Waals surface area contributed by atoms with E-state index in [1.807, 2.05) is 18.2 Å². The number of para-hydroxylation sites is 2. The fourth-order valence-electron chi connectivity index (χ4n) is 3.83. The third-order valence-corrected chi connectivity index (χ3v) is 6.56. The van der Waals surface area contributed by atoms with Crippen molar-refractivity contribution in [3.63, 3.8) is 0 Å². The summed E-state index contributed by atoms with van der Waals surface area (Å²) in [5.41, 5.74) is 1.90. The molecule has 0 heterocycles. The van der Waals surface area contributed by atoms with Crippen LogP contribution < -0.4 is 5.32 Å². The first-order chi connectivity index (χ1) is 17.9. The number of carbonyl (C=O) groups is 2. The molecule has 0 spiro atoms. The van der Waals surface area contributed by atoms with Gasteiger partial charge in [0.15, 0.2) is 0 Å². The number of esters is 2. The van der Waals surface area contributed by atoms with Crippen molar-refractivity contribution >= 4 is 46.5 Å². The fourth-order valence-corrected chi connectivity index (χ4v) is 4.33. The molecule has 0 aliphatic heterocycles. The number of unbranched alkanes of at least 4 members (excludes halogenated alkanes) is 8. The average Bonchev–Trinajstić information content (AvgIpc) is 2.88. The van der Waals surface area contributed by atoms with Crippen LogP contribution >= 0.6 is 23.2 Å². The largest absolute Gasteiger partial charge is 0.463 e. The van der Waals surface area contributed by atoms with Crippen LogP contribution in [0.25, 0.3) is 0 Å². The molecule has 2 aromatic carbocycles. The van der Waals surface area contributed by atoms with Gasteiger partial charge in [0.1, 0.15) is 19.3 Å². The lowest BCUT2D eigenvalue weighted by molar-refractivity contribution is -0.152. The number of aliphatic hydroxyl groups excluding tert-OH is 1. The number of anilines is 2. The summed E-state index contributed by atoms with van der Waals surface area (Å²) in [6.45, 7) is 1.76. The second kappa shape index (κ2) is 18.1. The van der Waals surface area contributed by atoms with E-state index in [-0.39, 0.29) is 25.6 Å². The van der Waals surface area contributed by atoms with Crippen LogP contribution in [0, 0.1) is 0 Å². The minimum Gasteiger partial charge on any atom is -0.463 e. The predicted molar refractivity (Wildman–Crippen MR) is 150 cm³/mol. The molecule has 0 amide bonds. The van der Waals surface area contributed by atoms with E-state index in [0.29, 0.717) is 33.4 Å². The summed E-state index contributed by atoms with van der Waals surface area (Å²) < 4.78 is 10.3. The smallest absolute Gasteiger partial charge is 0.310 e. The molecule has 0 radical (unpaired) electrons. The van der Waals surface area contributed by atoms with Crippen molar-refractivity contribution in [2.24, 2.45) is 0 Å². The maximum atomic E-state index is 12.4. The minimum absolute atomic E-state index is 0.0175. The third kappa shape index (κ3) is 12.7. The monoisotopic (exact) mass is 551 g/mol. The Morgan fingerprint density at radius 2 is 1.38 bits per heavy atom. The molecule has 204 valence electrons. The lowest BCUT2D eigenvalue weighted by Crippen LogP contribution is -2.26. The van der Waals surface area contributed by atoms with Gasteiger partial charge < -0.3 is 19.9 Å². The average molecular weight is 553 g/mol. The van der Waals surface area contributed by atoms with E-state index in [2.05, 4.69) is 12.2 Å². The Labute approximate surface area is 230 Å². The van der Waals surface area contributed by atoms with Crippen molar-refractivity contribution in [3.8, 4) is 0 Å². The van der Waals surface area contributed by atoms with Crippen molar-refractivity contribution in [3.05, 3.63) is 58.1 Å². The molecule has 1 atom stereocenters. The van der Waals surface area contributed by atoms with E-state index in [4.69, 9.17) is 32.7 Å². The summed E-state index contributed by atoms with van der Waals surface area (Å²) >= 11 is 12.5. The van der Waals surface area contributed by atoms with E-state index in [9.17, 15) is 14.7 Å². The van der Waals surface area contributed by atoms with E-state index in [1.165, 1.54) is 38.5 Å². The second-order valence-corrected chi connectivity index (χ2v) is 9.97. The number of carbonyl (C=O) groups excluding carboxylic acids is 2. The Morgan fingerprint density at radius 3 is 2.03 bits per heavy atom. The summed E-state index contributed by atoms with van der Waals surface area (Å²) in [4.78, 5) is 24.3. The zero-order chi connectivity index (χ0) is 26.9. The first-order valence-corrected chi connectivity index (χ1v) is 13.9. The zero-order valence-electron chi connectivity index (χ0n) is 21.6. The summed E-state index contributed by atoms with van der Waals surface area (Å²) in [5, 5.41) is 14.1. The number of hydrogen-bond donors (Lipinski definition) is 2. The first kappa shape index (κ1) is 30.9. The summed E-state index contributed by atoms with van der Waals surface area (Å²) in [6.07, 6.45) is 9.78. The highest BCUT2D eigenvalue weighted by Gasteiger charge is 2.15. The fraction of sp³-hybridized carbons (Fsp3) is 0.517. The molecule has 0 bridgehead atoms. The van der Waals surface area contributed by atoms with Crippen LogP contribution in [0.15, 0.2) is 42.5 Å². The van der Waals surface area contributed by atoms with Crippen LogP contribution in [0.4, 0.5) is 11.4 Å². The molecule has 0 aliphatic rings. The van der Waals surface area contributed by atoms with Gasteiger partial charge in [0.2, 0.25) is 0 Å². The Hall–Kier alpha value is -2.28. The maximum Gasteiger partial charge on any atom is 0.310 e. The standard InChI is InChI=1S/C29H39Cl2NO5/c1-2-3-4-5-6-7-8-9-10-18-27(34)36-20-23(33)21-37-28(35)19-22-14-11-12-17-26(22)32-29-24(30)15-13-16-25(29)31/h11-17,23,32-33H,2-10,18-21H2,1H3. The van der Waals surface area contributed by atoms with E-state index in [1.54, 1.807) is 24.3 Å². The number of halogens is 2. The number of rotatable bonds is 18. The summed E-state index contributed by atoms with van der Waals surface area (Å²) in [7, 11) is 0. The van der Waals surface area contributed by atoms with Gasteiger partial charge in [-0.1, -0.05) is 106 Å². The lowest BCUT2D eigenvalue weighted by Gasteiger charge is -2.15. The van der Waals surface area contributed by atoms with Crippen molar-refractivity contribution in [1.82, 2.24) is 0 Å². The quantitative estimate of drug-likeness (QED) is 0.146. The normalized spacial score (nSPS) is 11.7. The number of benzene rings is 2. The molecule has 1 unspecified atom stereocenters. The first-order valence-electron chi connectivity index (χ1n) is 13.2. The predicted octanol–water partition coefficient (Wildman–Crippen LogP) is 7.65. The van der Waals surface area contributed by atoms with Gasteiger partial charge >= 0.3 is 11.9 Å². The summed E-state index contributed by atoms with van der Waals surface area (Å²) in [6, 6.07) is 12.4. The molecular formula is C29H39Cl2NO5. The zero-order valence-corrected chi connectivity index (χ0v) is 23.2. The van der Waals surface area contributed by atoms with Crippen LogP contribution in [0.1, 0.15) is 76.7 Å². The van der Waals surface area contributed by atoms with Gasteiger partial charge in [-0.05, 0) is 30.2 Å².